The second-order valence-corrected chi connectivity index (χ2v) is 5.05. The van der Waals surface area contributed by atoms with E-state index in [4.69, 9.17) is 11.6 Å². The van der Waals surface area contributed by atoms with Gasteiger partial charge in [-0.1, -0.05) is 0 Å². The van der Waals surface area contributed by atoms with Crippen LogP contribution < -0.4 is 4.90 Å². The van der Waals surface area contributed by atoms with Gasteiger partial charge in [0.25, 0.3) is 0 Å². The number of aromatic nitrogens is 2. The fourth-order valence-corrected chi connectivity index (χ4v) is 2.31. The van der Waals surface area contributed by atoms with Crippen LogP contribution in [0.2, 0.25) is 5.28 Å². The van der Waals surface area contributed by atoms with Crippen molar-refractivity contribution in [2.45, 2.75) is 39.2 Å². The van der Waals surface area contributed by atoms with E-state index in [0.29, 0.717) is 5.28 Å². The zero-order valence-corrected chi connectivity index (χ0v) is 10.2. The second kappa shape index (κ2) is 3.63. The van der Waals surface area contributed by atoms with Crippen LogP contribution in [0.15, 0.2) is 6.20 Å². The first-order valence-corrected chi connectivity index (χ1v) is 5.65. The Hall–Kier alpha value is -0.830. The highest BCUT2D eigenvalue weighted by molar-refractivity contribution is 6.28. The molecule has 0 unspecified atom stereocenters. The Morgan fingerprint density at radius 3 is 2.80 bits per heavy atom. The summed E-state index contributed by atoms with van der Waals surface area (Å²) in [4.78, 5) is 10.6. The first-order valence-electron chi connectivity index (χ1n) is 5.27. The minimum absolute atomic E-state index is 0.183. The van der Waals surface area contributed by atoms with Gasteiger partial charge in [-0.15, -0.1) is 0 Å². The molecule has 2 heterocycles. The number of hydrogen-bond donors (Lipinski definition) is 0. The minimum Gasteiger partial charge on any atom is -0.351 e. The van der Waals surface area contributed by atoms with Gasteiger partial charge in [-0.05, 0) is 45.2 Å². The Bertz CT molecular complexity index is 376. The molecule has 3 nitrogen and oxygen atoms in total. The lowest BCUT2D eigenvalue weighted by molar-refractivity contribution is 0.513. The number of halogens is 1. The van der Waals surface area contributed by atoms with E-state index in [1.807, 2.05) is 6.92 Å². The first kappa shape index (κ1) is 10.7. The Kier molecular flexibility index (Phi) is 2.59. The Morgan fingerprint density at radius 1 is 1.47 bits per heavy atom. The number of rotatable bonds is 1. The van der Waals surface area contributed by atoms with Crippen molar-refractivity contribution in [3.05, 3.63) is 17.0 Å². The van der Waals surface area contributed by atoms with Crippen LogP contribution in [0.1, 0.15) is 32.3 Å². The molecule has 0 radical (unpaired) electrons. The molecular formula is C11H16ClN3. The van der Waals surface area contributed by atoms with Gasteiger partial charge in [0, 0.05) is 23.8 Å². The molecule has 1 aromatic heterocycles. The van der Waals surface area contributed by atoms with E-state index >= 15 is 0 Å². The molecule has 0 aliphatic carbocycles. The number of anilines is 1. The van der Waals surface area contributed by atoms with E-state index in [-0.39, 0.29) is 5.54 Å². The largest absolute Gasteiger partial charge is 0.351 e. The molecule has 1 aliphatic heterocycles. The Morgan fingerprint density at radius 2 is 2.20 bits per heavy atom. The molecule has 0 saturated carbocycles. The lowest BCUT2D eigenvalue weighted by atomic mass is 10.0. The van der Waals surface area contributed by atoms with Gasteiger partial charge in [0.1, 0.15) is 5.82 Å². The lowest BCUT2D eigenvalue weighted by Crippen LogP contribution is -2.39. The Labute approximate surface area is 95.5 Å². The highest BCUT2D eigenvalue weighted by Crippen LogP contribution is 2.34. The SMILES string of the molecule is Cc1cnc(Cl)nc1N1CCCC1(C)C. The van der Waals surface area contributed by atoms with Crippen molar-refractivity contribution in [3.8, 4) is 0 Å². The standard InChI is InChI=1S/C11H16ClN3/c1-8-7-13-10(12)14-9(8)15-6-4-5-11(15,2)3/h7H,4-6H2,1-3H3. The molecule has 1 aliphatic rings. The fourth-order valence-electron chi connectivity index (χ4n) is 2.19. The summed E-state index contributed by atoms with van der Waals surface area (Å²) in [5.41, 5.74) is 1.27. The zero-order valence-electron chi connectivity index (χ0n) is 9.42. The second-order valence-electron chi connectivity index (χ2n) is 4.71. The molecule has 2 rings (SSSR count). The monoisotopic (exact) mass is 225 g/mol. The van der Waals surface area contributed by atoms with Crippen molar-refractivity contribution >= 4 is 17.4 Å². The smallest absolute Gasteiger partial charge is 0.224 e. The van der Waals surface area contributed by atoms with Gasteiger partial charge in [-0.2, -0.15) is 0 Å². The molecule has 1 saturated heterocycles. The van der Waals surface area contributed by atoms with Crippen molar-refractivity contribution in [2.24, 2.45) is 0 Å². The third-order valence-electron chi connectivity index (χ3n) is 3.07. The number of hydrogen-bond acceptors (Lipinski definition) is 3. The molecule has 0 spiro atoms. The van der Waals surface area contributed by atoms with E-state index in [2.05, 4.69) is 28.7 Å². The van der Waals surface area contributed by atoms with E-state index in [1.54, 1.807) is 6.20 Å². The maximum atomic E-state index is 5.84. The summed E-state index contributed by atoms with van der Waals surface area (Å²) in [5, 5.41) is 0.332. The lowest BCUT2D eigenvalue weighted by Gasteiger charge is -2.33. The highest BCUT2D eigenvalue weighted by atomic mass is 35.5. The van der Waals surface area contributed by atoms with Crippen molar-refractivity contribution < 1.29 is 0 Å². The summed E-state index contributed by atoms with van der Waals surface area (Å²) in [6.45, 7) is 7.58. The average Bonchev–Trinajstić information content (AvgIpc) is 2.50. The van der Waals surface area contributed by atoms with Gasteiger partial charge >= 0.3 is 0 Å². The quantitative estimate of drug-likeness (QED) is 0.689. The van der Waals surface area contributed by atoms with Crippen LogP contribution in [-0.4, -0.2) is 22.1 Å². The molecule has 1 aromatic rings. The van der Waals surface area contributed by atoms with Crippen LogP contribution in [0.3, 0.4) is 0 Å². The van der Waals surface area contributed by atoms with Gasteiger partial charge in [0.2, 0.25) is 5.28 Å². The van der Waals surface area contributed by atoms with E-state index < -0.39 is 0 Å². The van der Waals surface area contributed by atoms with Crippen molar-refractivity contribution in [1.82, 2.24) is 9.97 Å². The van der Waals surface area contributed by atoms with E-state index in [0.717, 1.165) is 17.9 Å². The van der Waals surface area contributed by atoms with Crippen molar-refractivity contribution in [1.29, 1.82) is 0 Å². The average molecular weight is 226 g/mol. The molecule has 0 amide bonds. The van der Waals surface area contributed by atoms with Gasteiger partial charge in [0.05, 0.1) is 0 Å². The fraction of sp³-hybridized carbons (Fsp3) is 0.636. The van der Waals surface area contributed by atoms with Crippen LogP contribution >= 0.6 is 11.6 Å². The first-order chi connectivity index (χ1) is 7.00. The molecule has 82 valence electrons. The van der Waals surface area contributed by atoms with Crippen LogP contribution in [0.5, 0.6) is 0 Å². The summed E-state index contributed by atoms with van der Waals surface area (Å²) < 4.78 is 0. The van der Waals surface area contributed by atoms with Crippen molar-refractivity contribution in [3.63, 3.8) is 0 Å². The molecule has 0 aromatic carbocycles. The summed E-state index contributed by atoms with van der Waals surface area (Å²) in [5.74, 6) is 0.984. The topological polar surface area (TPSA) is 29.0 Å². The molecule has 15 heavy (non-hydrogen) atoms. The highest BCUT2D eigenvalue weighted by Gasteiger charge is 2.33. The van der Waals surface area contributed by atoms with E-state index in [1.165, 1.54) is 12.8 Å². The summed E-state index contributed by atoms with van der Waals surface area (Å²) in [7, 11) is 0. The predicted molar refractivity (Wildman–Crippen MR) is 62.4 cm³/mol. The van der Waals surface area contributed by atoms with Gasteiger partial charge in [-0.3, -0.25) is 0 Å². The summed E-state index contributed by atoms with van der Waals surface area (Å²) >= 11 is 5.84. The number of aryl methyl sites for hydroxylation is 1. The molecule has 0 N–H and O–H groups in total. The van der Waals surface area contributed by atoms with E-state index in [9.17, 15) is 0 Å². The molecule has 0 atom stereocenters. The Balaban J connectivity index is 2.40. The van der Waals surface area contributed by atoms with Crippen LogP contribution in [0.25, 0.3) is 0 Å². The molecule has 1 fully saturated rings. The maximum absolute atomic E-state index is 5.84. The summed E-state index contributed by atoms with van der Waals surface area (Å²) in [6.07, 6.45) is 4.21. The molecule has 4 heteroatoms. The molecule has 0 bridgehead atoms. The third kappa shape index (κ3) is 1.93. The minimum atomic E-state index is 0.183. The van der Waals surface area contributed by atoms with Crippen LogP contribution in [0.4, 0.5) is 5.82 Å². The van der Waals surface area contributed by atoms with Crippen molar-refractivity contribution in [2.75, 3.05) is 11.4 Å². The van der Waals surface area contributed by atoms with Crippen LogP contribution in [-0.2, 0) is 0 Å². The summed E-state index contributed by atoms with van der Waals surface area (Å²) in [6, 6.07) is 0. The third-order valence-corrected chi connectivity index (χ3v) is 3.25. The van der Waals surface area contributed by atoms with Gasteiger partial charge in [-0.25, -0.2) is 9.97 Å². The zero-order chi connectivity index (χ0) is 11.1. The maximum Gasteiger partial charge on any atom is 0.224 e. The van der Waals surface area contributed by atoms with Gasteiger partial charge in [0.15, 0.2) is 0 Å². The predicted octanol–water partition coefficient (Wildman–Crippen LogP) is 2.82. The van der Waals surface area contributed by atoms with Crippen LogP contribution in [0, 0.1) is 6.92 Å². The molecular weight excluding hydrogens is 210 g/mol. The number of nitrogens with zero attached hydrogens (tertiary/aromatic N) is 3. The van der Waals surface area contributed by atoms with Gasteiger partial charge < -0.3 is 4.90 Å². The normalized spacial score (nSPS) is 19.6.